The van der Waals surface area contributed by atoms with E-state index in [1.165, 1.54) is 11.1 Å². The second-order valence-corrected chi connectivity index (χ2v) is 11.8. The number of nitrogens with zero attached hydrogens (tertiary/aromatic N) is 1. The van der Waals surface area contributed by atoms with Gasteiger partial charge in [-0.3, -0.25) is 14.9 Å². The van der Waals surface area contributed by atoms with Crippen LogP contribution in [0.5, 0.6) is 11.5 Å². The average molecular weight is 533 g/mol. The molecule has 3 heterocycles. The Morgan fingerprint density at radius 2 is 1.97 bits per heavy atom. The van der Waals surface area contributed by atoms with Gasteiger partial charge in [-0.25, -0.2) is 4.99 Å². The Morgan fingerprint density at radius 1 is 1.13 bits per heavy atom. The van der Waals surface area contributed by atoms with Crippen LogP contribution in [0.15, 0.2) is 47.5 Å². The number of amides is 2. The molecular formula is C31H40N4O4. The number of rotatable bonds is 9. The van der Waals surface area contributed by atoms with Crippen molar-refractivity contribution in [3.63, 3.8) is 0 Å². The number of unbranched alkanes of at least 4 members (excludes halogenated alkanes) is 1. The van der Waals surface area contributed by atoms with Crippen LogP contribution in [0.4, 0.5) is 0 Å². The number of benzene rings is 2. The summed E-state index contributed by atoms with van der Waals surface area (Å²) >= 11 is 0. The Hall–Kier alpha value is -3.55. The zero-order valence-corrected chi connectivity index (χ0v) is 23.0. The van der Waals surface area contributed by atoms with Gasteiger partial charge in [-0.05, 0) is 75.1 Å². The van der Waals surface area contributed by atoms with Crippen molar-refractivity contribution >= 4 is 17.8 Å². The van der Waals surface area contributed by atoms with E-state index in [0.717, 1.165) is 62.0 Å². The summed E-state index contributed by atoms with van der Waals surface area (Å²) < 4.78 is 12.2. The first-order chi connectivity index (χ1) is 18.7. The number of nitrogens with two attached hydrogens (primary N) is 1. The predicted octanol–water partition coefficient (Wildman–Crippen LogP) is 4.35. The van der Waals surface area contributed by atoms with Crippen LogP contribution < -0.4 is 25.8 Å². The molecule has 0 bridgehead atoms. The van der Waals surface area contributed by atoms with E-state index >= 15 is 0 Å². The molecule has 0 fully saturated rings. The lowest BCUT2D eigenvalue weighted by Gasteiger charge is -2.38. The summed E-state index contributed by atoms with van der Waals surface area (Å²) in [6.45, 7) is 4.80. The van der Waals surface area contributed by atoms with E-state index in [1.54, 1.807) is 0 Å². The first-order valence-corrected chi connectivity index (χ1v) is 14.2. The molecule has 0 aliphatic carbocycles. The van der Waals surface area contributed by atoms with Gasteiger partial charge in [-0.1, -0.05) is 36.8 Å². The van der Waals surface area contributed by atoms with Crippen LogP contribution >= 0.6 is 0 Å². The number of guanidine groups is 1. The lowest BCUT2D eigenvalue weighted by molar-refractivity contribution is -0.123. The summed E-state index contributed by atoms with van der Waals surface area (Å²) in [4.78, 5) is 29.1. The van der Waals surface area contributed by atoms with Crippen molar-refractivity contribution in [2.75, 3.05) is 6.61 Å². The second kappa shape index (κ2) is 11.7. The Balaban J connectivity index is 1.15. The molecule has 3 atom stereocenters. The van der Waals surface area contributed by atoms with Gasteiger partial charge >= 0.3 is 0 Å². The molecular weight excluding hydrogens is 492 g/mol. The molecule has 2 aromatic rings. The van der Waals surface area contributed by atoms with Crippen molar-refractivity contribution < 1.29 is 19.1 Å². The van der Waals surface area contributed by atoms with Gasteiger partial charge in [0.2, 0.25) is 11.8 Å². The monoisotopic (exact) mass is 532 g/mol. The average Bonchev–Trinajstić information content (AvgIpc) is 2.89. The van der Waals surface area contributed by atoms with Gasteiger partial charge in [0, 0.05) is 24.8 Å². The molecule has 0 saturated carbocycles. The van der Waals surface area contributed by atoms with Crippen LogP contribution in [0.2, 0.25) is 0 Å². The van der Waals surface area contributed by atoms with Gasteiger partial charge in [0.05, 0.1) is 18.7 Å². The van der Waals surface area contributed by atoms with Crippen molar-refractivity contribution in [1.29, 1.82) is 0 Å². The predicted molar refractivity (Wildman–Crippen MR) is 151 cm³/mol. The minimum absolute atomic E-state index is 0.0348. The standard InChI is InChI=1S/C31H40N4O4/c1-31(2)18-25(34-28(36)14-12-21-15-22-8-4-6-10-26(22)38-19-21)24-16-20(11-13-27(24)39-31)7-3-5-9-23-17-29(37)35-30(32)33-23/h4,6,8,10-11,13,16,21,23,25H,3,5,7,9,12,14-15,17-19H2,1-2H3,(H,34,36)(H3,32,33,35,37). The van der Waals surface area contributed by atoms with Crippen molar-refractivity contribution in [3.05, 3.63) is 59.2 Å². The van der Waals surface area contributed by atoms with Crippen LogP contribution in [-0.2, 0) is 22.4 Å². The number of carbonyl (C=O) groups excluding carboxylic acids is 2. The van der Waals surface area contributed by atoms with Crippen molar-refractivity contribution in [1.82, 2.24) is 10.6 Å². The summed E-state index contributed by atoms with van der Waals surface area (Å²) in [6, 6.07) is 14.4. The third-order valence-electron chi connectivity index (χ3n) is 7.87. The number of ether oxygens (including phenoxy) is 2. The number of hydrogen-bond donors (Lipinski definition) is 3. The third-order valence-corrected chi connectivity index (χ3v) is 7.87. The Morgan fingerprint density at radius 3 is 2.82 bits per heavy atom. The summed E-state index contributed by atoms with van der Waals surface area (Å²) in [7, 11) is 0. The van der Waals surface area contributed by atoms with Crippen molar-refractivity contribution in [3.8, 4) is 11.5 Å². The number of aliphatic imine (C=N–C) groups is 1. The van der Waals surface area contributed by atoms with Gasteiger partial charge in [0.25, 0.3) is 0 Å². The molecule has 4 N–H and O–H groups in total. The fourth-order valence-electron chi connectivity index (χ4n) is 5.92. The Labute approximate surface area is 230 Å². The van der Waals surface area contributed by atoms with Crippen LogP contribution in [0.1, 0.15) is 81.5 Å². The fraction of sp³-hybridized carbons (Fsp3) is 0.516. The summed E-state index contributed by atoms with van der Waals surface area (Å²) in [5.74, 6) is 2.39. The minimum atomic E-state index is -0.359. The molecule has 39 heavy (non-hydrogen) atoms. The van der Waals surface area contributed by atoms with E-state index < -0.39 is 0 Å². The first-order valence-electron chi connectivity index (χ1n) is 14.2. The van der Waals surface area contributed by atoms with E-state index in [0.29, 0.717) is 25.4 Å². The molecule has 3 aliphatic rings. The smallest absolute Gasteiger partial charge is 0.228 e. The molecule has 208 valence electrons. The zero-order valence-electron chi connectivity index (χ0n) is 23.0. The highest BCUT2D eigenvalue weighted by Crippen LogP contribution is 2.40. The summed E-state index contributed by atoms with van der Waals surface area (Å²) in [5.41, 5.74) is 8.83. The summed E-state index contributed by atoms with van der Waals surface area (Å²) in [5, 5.41) is 5.86. The number of hydrogen-bond acceptors (Lipinski definition) is 6. The van der Waals surface area contributed by atoms with Crippen molar-refractivity contribution in [2.45, 2.75) is 89.3 Å². The SMILES string of the molecule is CC1(C)CC(NC(=O)CCC2COc3ccccc3C2)c2cc(CCCCC3CC(=O)NC(N)=N3)ccc2O1. The number of aryl methyl sites for hydroxylation is 1. The van der Waals surface area contributed by atoms with Gasteiger partial charge in [-0.15, -0.1) is 0 Å². The second-order valence-electron chi connectivity index (χ2n) is 11.8. The van der Waals surface area contributed by atoms with E-state index in [-0.39, 0.29) is 35.5 Å². The number of fused-ring (bicyclic) bond motifs is 2. The summed E-state index contributed by atoms with van der Waals surface area (Å²) in [6.07, 6.45) is 7.06. The van der Waals surface area contributed by atoms with Gasteiger partial charge in [0.15, 0.2) is 5.96 Å². The Bertz CT molecular complexity index is 1240. The highest BCUT2D eigenvalue weighted by atomic mass is 16.5. The largest absolute Gasteiger partial charge is 0.493 e. The maximum Gasteiger partial charge on any atom is 0.228 e. The lowest BCUT2D eigenvalue weighted by Crippen LogP contribution is -2.43. The van der Waals surface area contributed by atoms with Gasteiger partial charge in [0.1, 0.15) is 17.1 Å². The van der Waals surface area contributed by atoms with E-state index in [4.69, 9.17) is 15.2 Å². The maximum atomic E-state index is 13.1. The normalized spacial score (nSPS) is 23.3. The highest BCUT2D eigenvalue weighted by molar-refractivity contribution is 5.98. The molecule has 5 rings (SSSR count). The molecule has 8 nitrogen and oxygen atoms in total. The molecule has 0 saturated heterocycles. The lowest BCUT2D eigenvalue weighted by atomic mass is 9.88. The van der Waals surface area contributed by atoms with Crippen LogP contribution in [0, 0.1) is 5.92 Å². The molecule has 0 spiro atoms. The zero-order chi connectivity index (χ0) is 27.4. The quantitative estimate of drug-likeness (QED) is 0.415. The van der Waals surface area contributed by atoms with Crippen LogP contribution in [0.3, 0.4) is 0 Å². The topological polar surface area (TPSA) is 115 Å². The third kappa shape index (κ3) is 7.11. The molecule has 2 aromatic carbocycles. The molecule has 0 aromatic heterocycles. The first kappa shape index (κ1) is 27.0. The van der Waals surface area contributed by atoms with Crippen molar-refractivity contribution in [2.24, 2.45) is 16.6 Å². The minimum Gasteiger partial charge on any atom is -0.493 e. The molecule has 8 heteroatoms. The van der Waals surface area contributed by atoms with E-state index in [2.05, 4.69) is 47.7 Å². The Kier molecular flexibility index (Phi) is 8.10. The fourth-order valence-corrected chi connectivity index (χ4v) is 5.92. The number of carbonyl (C=O) groups is 2. The van der Waals surface area contributed by atoms with Gasteiger partial charge < -0.3 is 20.5 Å². The molecule has 3 unspecified atom stereocenters. The maximum absolute atomic E-state index is 13.1. The van der Waals surface area contributed by atoms with Crippen LogP contribution in [-0.4, -0.2) is 36.0 Å². The molecule has 0 radical (unpaired) electrons. The highest BCUT2D eigenvalue weighted by Gasteiger charge is 2.35. The van der Waals surface area contributed by atoms with Gasteiger partial charge in [-0.2, -0.15) is 0 Å². The molecule has 3 aliphatic heterocycles. The molecule has 2 amide bonds. The number of nitrogens with one attached hydrogen (secondary N) is 2. The van der Waals surface area contributed by atoms with E-state index in [9.17, 15) is 9.59 Å². The van der Waals surface area contributed by atoms with E-state index in [1.807, 2.05) is 24.3 Å². The van der Waals surface area contributed by atoms with Crippen LogP contribution in [0.25, 0.3) is 0 Å². The number of para-hydroxylation sites is 1.